The first-order valence-electron chi connectivity index (χ1n) is 6.48. The van der Waals surface area contributed by atoms with E-state index in [1.54, 1.807) is 6.92 Å². The predicted octanol–water partition coefficient (Wildman–Crippen LogP) is 3.84. The van der Waals surface area contributed by atoms with Crippen molar-refractivity contribution in [2.45, 2.75) is 26.3 Å². The molecule has 0 spiro atoms. The summed E-state index contributed by atoms with van der Waals surface area (Å²) in [7, 11) is 0. The van der Waals surface area contributed by atoms with Gasteiger partial charge >= 0.3 is 0 Å². The third-order valence-corrected chi connectivity index (χ3v) is 2.97. The Labute approximate surface area is 127 Å². The Kier molecular flexibility index (Phi) is 4.97. The van der Waals surface area contributed by atoms with Crippen LogP contribution in [0.15, 0.2) is 24.3 Å². The van der Waals surface area contributed by atoms with Crippen LogP contribution in [0.4, 0.5) is 27.6 Å². The van der Waals surface area contributed by atoms with Crippen LogP contribution in [-0.4, -0.2) is 15.7 Å². The van der Waals surface area contributed by atoms with E-state index in [2.05, 4.69) is 10.4 Å². The summed E-state index contributed by atoms with van der Waals surface area (Å²) < 4.78 is 64.7. The van der Waals surface area contributed by atoms with E-state index in [0.29, 0.717) is 16.3 Å². The Morgan fingerprint density at radius 2 is 1.91 bits per heavy atom. The van der Waals surface area contributed by atoms with Crippen molar-refractivity contribution in [3.63, 3.8) is 0 Å². The summed E-state index contributed by atoms with van der Waals surface area (Å²) in [5.41, 5.74) is -1.11. The van der Waals surface area contributed by atoms with Gasteiger partial charge in [0.2, 0.25) is 5.91 Å². The van der Waals surface area contributed by atoms with Crippen LogP contribution in [0.1, 0.15) is 29.8 Å². The first-order valence-corrected chi connectivity index (χ1v) is 6.48. The van der Waals surface area contributed by atoms with Gasteiger partial charge in [0.05, 0.1) is 5.69 Å². The van der Waals surface area contributed by atoms with Crippen molar-refractivity contribution in [3.8, 4) is 0 Å². The Hall–Kier alpha value is -2.45. The number of carbonyl (C=O) groups excluding carboxylic acids is 1. The molecule has 23 heavy (non-hydrogen) atoms. The summed E-state index contributed by atoms with van der Waals surface area (Å²) in [6, 6.07) is 4.52. The second-order valence-electron chi connectivity index (χ2n) is 4.78. The Morgan fingerprint density at radius 3 is 2.52 bits per heavy atom. The average Bonchev–Trinajstić information content (AvgIpc) is 2.87. The van der Waals surface area contributed by atoms with E-state index < -0.39 is 42.5 Å². The zero-order chi connectivity index (χ0) is 17.1. The average molecular weight is 333 g/mol. The molecule has 0 saturated heterocycles. The number of benzene rings is 1. The van der Waals surface area contributed by atoms with Crippen molar-refractivity contribution in [1.29, 1.82) is 0 Å². The van der Waals surface area contributed by atoms with E-state index in [1.165, 1.54) is 12.1 Å². The number of anilines is 1. The van der Waals surface area contributed by atoms with Crippen LogP contribution >= 0.6 is 0 Å². The van der Waals surface area contributed by atoms with E-state index >= 15 is 0 Å². The number of nitrogens with one attached hydrogen (secondary N) is 1. The van der Waals surface area contributed by atoms with E-state index in [4.69, 9.17) is 0 Å². The molecule has 0 unspecified atom stereocenters. The molecule has 0 fully saturated rings. The number of alkyl halides is 4. The first kappa shape index (κ1) is 16.9. The van der Waals surface area contributed by atoms with Gasteiger partial charge in [0.15, 0.2) is 0 Å². The van der Waals surface area contributed by atoms with Gasteiger partial charge in [-0.2, -0.15) is 5.10 Å². The molecule has 0 aliphatic heterocycles. The van der Waals surface area contributed by atoms with Crippen molar-refractivity contribution in [3.05, 3.63) is 47.0 Å². The maximum absolute atomic E-state index is 13.5. The molecule has 9 heteroatoms. The molecule has 1 amide bonds. The quantitative estimate of drug-likeness (QED) is 0.845. The van der Waals surface area contributed by atoms with Gasteiger partial charge in [-0.05, 0) is 30.7 Å². The third kappa shape index (κ3) is 4.05. The fraction of sp³-hybridized carbons (Fsp3) is 0.286. The van der Waals surface area contributed by atoms with Gasteiger partial charge in [0.1, 0.15) is 23.7 Å². The van der Waals surface area contributed by atoms with Crippen LogP contribution in [0.5, 0.6) is 0 Å². The van der Waals surface area contributed by atoms with Gasteiger partial charge in [-0.15, -0.1) is 0 Å². The van der Waals surface area contributed by atoms with E-state index in [9.17, 15) is 26.7 Å². The fourth-order valence-corrected chi connectivity index (χ4v) is 1.92. The minimum Gasteiger partial charge on any atom is -0.322 e. The first-order chi connectivity index (χ1) is 10.8. The molecule has 0 atom stereocenters. The van der Waals surface area contributed by atoms with Crippen LogP contribution in [0.2, 0.25) is 0 Å². The number of hydrogen-bond acceptors (Lipinski definition) is 2. The standard InChI is InChI=1S/C14H12F5N3O/c1-7-2-3-8(15)9(4-7)20-12(23)6-22-11(14(18)19)5-10(21-22)13(16)17/h2-5,13-14H,6H2,1H3,(H,20,23). The highest BCUT2D eigenvalue weighted by atomic mass is 19.3. The minimum absolute atomic E-state index is 0.130. The predicted molar refractivity (Wildman–Crippen MR) is 71.9 cm³/mol. The van der Waals surface area contributed by atoms with E-state index in [-0.39, 0.29) is 5.69 Å². The highest BCUT2D eigenvalue weighted by Crippen LogP contribution is 2.25. The monoisotopic (exact) mass is 333 g/mol. The number of carbonyl (C=O) groups is 1. The number of rotatable bonds is 5. The number of aromatic nitrogens is 2. The summed E-state index contributed by atoms with van der Waals surface area (Å²) in [4.78, 5) is 11.8. The molecule has 4 nitrogen and oxygen atoms in total. The lowest BCUT2D eigenvalue weighted by Gasteiger charge is -2.09. The molecule has 0 saturated carbocycles. The lowest BCUT2D eigenvalue weighted by atomic mass is 10.2. The summed E-state index contributed by atoms with van der Waals surface area (Å²) in [6.07, 6.45) is -6.11. The van der Waals surface area contributed by atoms with Gasteiger partial charge in [-0.3, -0.25) is 9.48 Å². The molecule has 1 aromatic carbocycles. The molecule has 2 rings (SSSR count). The second-order valence-corrected chi connectivity index (χ2v) is 4.78. The SMILES string of the molecule is Cc1ccc(F)c(NC(=O)Cn2nc(C(F)F)cc2C(F)F)c1. The molecule has 1 heterocycles. The van der Waals surface area contributed by atoms with Crippen LogP contribution in [0.25, 0.3) is 0 Å². The zero-order valence-corrected chi connectivity index (χ0v) is 11.9. The van der Waals surface area contributed by atoms with Gasteiger partial charge < -0.3 is 5.32 Å². The third-order valence-electron chi connectivity index (χ3n) is 2.97. The largest absolute Gasteiger partial charge is 0.322 e. The van der Waals surface area contributed by atoms with Gasteiger partial charge in [-0.25, -0.2) is 22.0 Å². The Bertz CT molecular complexity index is 714. The molecule has 124 valence electrons. The summed E-state index contributed by atoms with van der Waals surface area (Å²) in [6.45, 7) is 0.937. The smallest absolute Gasteiger partial charge is 0.282 e. The lowest BCUT2D eigenvalue weighted by molar-refractivity contribution is -0.117. The van der Waals surface area contributed by atoms with Crippen molar-refractivity contribution < 1.29 is 26.7 Å². The van der Waals surface area contributed by atoms with E-state index in [0.717, 1.165) is 6.07 Å². The van der Waals surface area contributed by atoms with Crippen molar-refractivity contribution >= 4 is 11.6 Å². The number of amides is 1. The number of hydrogen-bond donors (Lipinski definition) is 1. The number of halogens is 5. The van der Waals surface area contributed by atoms with Crippen molar-refractivity contribution in [1.82, 2.24) is 9.78 Å². The van der Waals surface area contributed by atoms with E-state index in [1.807, 2.05) is 0 Å². The fourth-order valence-electron chi connectivity index (χ4n) is 1.92. The Balaban J connectivity index is 2.18. The summed E-state index contributed by atoms with van der Waals surface area (Å²) >= 11 is 0. The van der Waals surface area contributed by atoms with Gasteiger partial charge in [0.25, 0.3) is 12.9 Å². The number of nitrogens with zero attached hydrogens (tertiary/aromatic N) is 2. The topological polar surface area (TPSA) is 46.9 Å². The summed E-state index contributed by atoms with van der Waals surface area (Å²) in [5.74, 6) is -1.56. The molecule has 0 bridgehead atoms. The van der Waals surface area contributed by atoms with Gasteiger partial charge in [0, 0.05) is 0 Å². The molecular weight excluding hydrogens is 321 g/mol. The second kappa shape index (κ2) is 6.76. The van der Waals surface area contributed by atoms with Crippen LogP contribution < -0.4 is 5.32 Å². The summed E-state index contributed by atoms with van der Waals surface area (Å²) in [5, 5.41) is 5.48. The molecule has 2 aromatic rings. The van der Waals surface area contributed by atoms with Gasteiger partial charge in [-0.1, -0.05) is 6.07 Å². The normalized spacial score (nSPS) is 11.3. The van der Waals surface area contributed by atoms with Crippen molar-refractivity contribution in [2.75, 3.05) is 5.32 Å². The maximum atomic E-state index is 13.5. The van der Waals surface area contributed by atoms with Crippen LogP contribution in [0, 0.1) is 12.7 Å². The maximum Gasteiger partial charge on any atom is 0.282 e. The molecule has 0 aliphatic rings. The molecule has 0 radical (unpaired) electrons. The van der Waals surface area contributed by atoms with Crippen LogP contribution in [0.3, 0.4) is 0 Å². The highest BCUT2D eigenvalue weighted by molar-refractivity contribution is 5.90. The Morgan fingerprint density at radius 1 is 1.22 bits per heavy atom. The molecule has 1 aromatic heterocycles. The lowest BCUT2D eigenvalue weighted by Crippen LogP contribution is -2.21. The molecule has 1 N–H and O–H groups in total. The molecule has 0 aliphatic carbocycles. The van der Waals surface area contributed by atoms with Crippen LogP contribution in [-0.2, 0) is 11.3 Å². The zero-order valence-electron chi connectivity index (χ0n) is 11.9. The minimum atomic E-state index is -3.07. The highest BCUT2D eigenvalue weighted by Gasteiger charge is 2.22. The molecular formula is C14H12F5N3O. The number of aryl methyl sites for hydroxylation is 1. The van der Waals surface area contributed by atoms with Crippen molar-refractivity contribution in [2.24, 2.45) is 0 Å².